The van der Waals surface area contributed by atoms with Gasteiger partial charge in [-0.2, -0.15) is 10.5 Å². The molecule has 0 unspecified atom stereocenters. The Morgan fingerprint density at radius 1 is 0.429 bits per heavy atom. The summed E-state index contributed by atoms with van der Waals surface area (Å²) in [5, 5.41) is 21.4. The van der Waals surface area contributed by atoms with E-state index in [1.165, 1.54) is 0 Å². The Bertz CT molecular complexity index is 3440. The molecule has 0 saturated carbocycles. The summed E-state index contributed by atoms with van der Waals surface area (Å²) in [5.74, 6) is 0.542. The number of hydrogen-bond acceptors (Lipinski definition) is 4. The van der Waals surface area contributed by atoms with Crippen LogP contribution in [0.5, 0.6) is 0 Å². The van der Waals surface area contributed by atoms with Crippen LogP contribution < -0.4 is 0 Å². The monoisotopic (exact) mass is 801 g/mol. The Hall–Kier alpha value is -9.40. The first kappa shape index (κ1) is 37.8. The lowest BCUT2D eigenvalue weighted by molar-refractivity contribution is 1.17. The SMILES string of the molecule is [C-]#[N+]c1ccc(-c2cc(-c3nc(-c4ccccc4)cc(-c4ccccc4)n3)cc(-c3ccc(C#N)cc3)c2-n2c3ccccc3c3cc(-c4ccc(C#N)cc4[N+]#[C-])ccc32)cc1. The fourth-order valence-electron chi connectivity index (χ4n) is 8.29. The van der Waals surface area contributed by atoms with E-state index in [2.05, 4.69) is 62.8 Å². The van der Waals surface area contributed by atoms with Crippen LogP contribution in [0.4, 0.5) is 11.4 Å². The second kappa shape index (κ2) is 16.0. The molecule has 0 saturated heterocycles. The smallest absolute Gasteiger partial charge is 0.196 e. The molecular weight excluding hydrogens is 771 g/mol. The lowest BCUT2D eigenvalue weighted by Gasteiger charge is -2.21. The van der Waals surface area contributed by atoms with Gasteiger partial charge in [0.1, 0.15) is 0 Å². The average Bonchev–Trinajstić information content (AvgIpc) is 3.69. The Balaban J connectivity index is 1.31. The minimum absolute atomic E-state index is 0.412. The van der Waals surface area contributed by atoms with Gasteiger partial charge in [0.05, 0.1) is 59.0 Å². The highest BCUT2D eigenvalue weighted by molar-refractivity contribution is 6.12. The summed E-state index contributed by atoms with van der Waals surface area (Å²) in [5.41, 5.74) is 14.1. The van der Waals surface area contributed by atoms with Crippen molar-refractivity contribution in [2.24, 2.45) is 0 Å². The molecule has 8 aromatic carbocycles. The summed E-state index contributed by atoms with van der Waals surface area (Å²) in [4.78, 5) is 18.0. The number of nitrogens with zero attached hydrogens (tertiary/aromatic N) is 7. The number of rotatable bonds is 7. The van der Waals surface area contributed by atoms with Gasteiger partial charge in [0.15, 0.2) is 17.2 Å². The van der Waals surface area contributed by atoms with Crippen molar-refractivity contribution in [1.29, 1.82) is 10.5 Å². The van der Waals surface area contributed by atoms with Gasteiger partial charge in [0.25, 0.3) is 0 Å². The third-order valence-electron chi connectivity index (χ3n) is 11.3. The van der Waals surface area contributed by atoms with Crippen LogP contribution in [-0.2, 0) is 0 Å². The van der Waals surface area contributed by atoms with E-state index in [1.54, 1.807) is 12.1 Å². The van der Waals surface area contributed by atoms with Crippen molar-refractivity contribution in [1.82, 2.24) is 14.5 Å². The molecule has 0 radical (unpaired) electrons. The first-order valence-electron chi connectivity index (χ1n) is 20.2. The summed E-state index contributed by atoms with van der Waals surface area (Å²) in [6.07, 6.45) is 0. The summed E-state index contributed by atoms with van der Waals surface area (Å²) < 4.78 is 2.29. The number of hydrogen-bond donors (Lipinski definition) is 0. The molecule has 0 N–H and O–H groups in total. The molecular formula is C56H31N7. The fourth-order valence-corrected chi connectivity index (χ4v) is 8.29. The van der Waals surface area contributed by atoms with Gasteiger partial charge in [-0.05, 0) is 82.9 Å². The third kappa shape index (κ3) is 6.91. The van der Waals surface area contributed by atoms with Crippen LogP contribution in [0, 0.1) is 35.8 Å². The summed E-state index contributed by atoms with van der Waals surface area (Å²) in [6, 6.07) is 66.0. The first-order chi connectivity index (χ1) is 31.0. The van der Waals surface area contributed by atoms with Crippen LogP contribution in [-0.4, -0.2) is 14.5 Å². The Morgan fingerprint density at radius 3 is 1.59 bits per heavy atom. The highest BCUT2D eigenvalue weighted by atomic mass is 15.0. The highest BCUT2D eigenvalue weighted by Crippen LogP contribution is 2.45. The van der Waals surface area contributed by atoms with Crippen LogP contribution in [0.15, 0.2) is 188 Å². The molecule has 10 rings (SSSR count). The quantitative estimate of drug-likeness (QED) is 0.150. The summed E-state index contributed by atoms with van der Waals surface area (Å²) >= 11 is 0. The predicted octanol–water partition coefficient (Wildman–Crippen LogP) is 14.4. The molecule has 0 fully saturated rings. The van der Waals surface area contributed by atoms with E-state index in [0.29, 0.717) is 28.3 Å². The molecule has 0 spiro atoms. The van der Waals surface area contributed by atoms with Crippen molar-refractivity contribution < 1.29 is 0 Å². The largest absolute Gasteiger partial charge is 0.308 e. The number of fused-ring (bicyclic) bond motifs is 3. The van der Waals surface area contributed by atoms with Gasteiger partial charge in [0, 0.05) is 44.2 Å². The zero-order valence-electron chi connectivity index (χ0n) is 33.5. The standard InChI is InChI=1S/C56H31N7/c1-59-44-25-22-39(23-26-44)48-32-43(56-61-50(40-11-5-3-6-12-40)33-51(62-56)41-13-7-4-8-14-41)31-47(38-20-17-36(34-57)18-21-38)55(48)63-53-16-10-9-15-46(53)49-30-42(24-28-54(49)63)45-27-19-37(35-58)29-52(45)60-2/h3-33H. The number of nitriles is 2. The lowest BCUT2D eigenvalue weighted by atomic mass is 9.92. The minimum atomic E-state index is 0.412. The van der Waals surface area contributed by atoms with E-state index in [9.17, 15) is 10.5 Å². The molecule has 0 atom stereocenters. The number of para-hydroxylation sites is 1. The van der Waals surface area contributed by atoms with E-state index < -0.39 is 0 Å². The van der Waals surface area contributed by atoms with Crippen LogP contribution in [0.3, 0.4) is 0 Å². The number of benzene rings is 8. The molecule has 290 valence electrons. The molecule has 0 aliphatic carbocycles. The van der Waals surface area contributed by atoms with Crippen molar-refractivity contribution in [3.8, 4) is 85.1 Å². The summed E-state index contributed by atoms with van der Waals surface area (Å²) in [7, 11) is 0. The van der Waals surface area contributed by atoms with Crippen molar-refractivity contribution in [3.05, 3.63) is 222 Å². The zero-order chi connectivity index (χ0) is 42.9. The molecule has 7 heteroatoms. The van der Waals surface area contributed by atoms with Gasteiger partial charge < -0.3 is 4.57 Å². The van der Waals surface area contributed by atoms with E-state index in [-0.39, 0.29) is 0 Å². The molecule has 2 aromatic heterocycles. The first-order valence-corrected chi connectivity index (χ1v) is 20.2. The van der Waals surface area contributed by atoms with E-state index >= 15 is 0 Å². The van der Waals surface area contributed by atoms with Crippen LogP contribution in [0.1, 0.15) is 11.1 Å². The minimum Gasteiger partial charge on any atom is -0.308 e. The van der Waals surface area contributed by atoms with Crippen LogP contribution in [0.25, 0.3) is 104 Å². The van der Waals surface area contributed by atoms with Gasteiger partial charge in [-0.3, -0.25) is 0 Å². The summed E-state index contributed by atoms with van der Waals surface area (Å²) in [6.45, 7) is 15.7. The van der Waals surface area contributed by atoms with Gasteiger partial charge in [0.2, 0.25) is 0 Å². The molecule has 2 heterocycles. The average molecular weight is 802 g/mol. The maximum absolute atomic E-state index is 9.85. The highest BCUT2D eigenvalue weighted by Gasteiger charge is 2.23. The molecule has 0 aliphatic heterocycles. The second-order valence-electron chi connectivity index (χ2n) is 15.0. The van der Waals surface area contributed by atoms with Crippen molar-refractivity contribution in [3.63, 3.8) is 0 Å². The maximum Gasteiger partial charge on any atom is 0.196 e. The molecule has 7 nitrogen and oxygen atoms in total. The van der Waals surface area contributed by atoms with Crippen molar-refractivity contribution >= 4 is 33.2 Å². The van der Waals surface area contributed by atoms with E-state index in [0.717, 1.165) is 89.0 Å². The Kier molecular flexibility index (Phi) is 9.60. The van der Waals surface area contributed by atoms with Crippen LogP contribution >= 0.6 is 0 Å². The molecule has 0 aliphatic rings. The Labute approximate surface area is 364 Å². The third-order valence-corrected chi connectivity index (χ3v) is 11.3. The fraction of sp³-hybridized carbons (Fsp3) is 0. The molecule has 63 heavy (non-hydrogen) atoms. The van der Waals surface area contributed by atoms with Crippen LogP contribution in [0.2, 0.25) is 0 Å². The van der Waals surface area contributed by atoms with Gasteiger partial charge >= 0.3 is 0 Å². The van der Waals surface area contributed by atoms with E-state index in [4.69, 9.17) is 23.1 Å². The van der Waals surface area contributed by atoms with Crippen molar-refractivity contribution in [2.75, 3.05) is 0 Å². The van der Waals surface area contributed by atoms with E-state index in [1.807, 2.05) is 140 Å². The van der Waals surface area contributed by atoms with Gasteiger partial charge in [-0.1, -0.05) is 127 Å². The molecule has 0 amide bonds. The molecule has 10 aromatic rings. The van der Waals surface area contributed by atoms with Gasteiger partial charge in [-0.25, -0.2) is 19.7 Å². The topological polar surface area (TPSA) is 87.0 Å². The Morgan fingerprint density at radius 2 is 0.984 bits per heavy atom. The number of aromatic nitrogens is 3. The predicted molar refractivity (Wildman–Crippen MR) is 251 cm³/mol. The lowest BCUT2D eigenvalue weighted by Crippen LogP contribution is -2.03. The maximum atomic E-state index is 9.85. The zero-order valence-corrected chi connectivity index (χ0v) is 33.5. The second-order valence-corrected chi connectivity index (χ2v) is 15.0. The van der Waals surface area contributed by atoms with Crippen molar-refractivity contribution in [2.45, 2.75) is 0 Å². The molecule has 0 bridgehead atoms. The van der Waals surface area contributed by atoms with Gasteiger partial charge in [-0.15, -0.1) is 0 Å². The normalized spacial score (nSPS) is 10.8.